The van der Waals surface area contributed by atoms with Crippen LogP contribution in [0.4, 0.5) is 11.5 Å². The van der Waals surface area contributed by atoms with E-state index in [9.17, 15) is 0 Å². The van der Waals surface area contributed by atoms with Gasteiger partial charge in [-0.05, 0) is 42.5 Å². The van der Waals surface area contributed by atoms with Crippen molar-refractivity contribution in [2.75, 3.05) is 5.32 Å². The number of benzene rings is 2. The lowest BCUT2D eigenvalue weighted by Gasteiger charge is -2.11. The highest BCUT2D eigenvalue weighted by Gasteiger charge is 2.10. The molecular formula is C20H15N7. The topological polar surface area (TPSA) is 81.4 Å². The van der Waals surface area contributed by atoms with Crippen LogP contribution >= 0.6 is 0 Å². The smallest absolute Gasteiger partial charge is 0.163 e. The minimum absolute atomic E-state index is 0.630. The first-order valence-corrected chi connectivity index (χ1v) is 8.51. The van der Waals surface area contributed by atoms with Crippen molar-refractivity contribution in [3.63, 3.8) is 0 Å². The standard InChI is InChI=1S/C20H15N7/c1-27-18-9-8-14(11-17(18)25-26-27)22-20-15-6-2-3-7-16(15)23-19(24-20)13-5-4-10-21-12-13/h2-12H,1H3,(H,22,23,24). The highest BCUT2D eigenvalue weighted by Crippen LogP contribution is 2.28. The van der Waals surface area contributed by atoms with Crippen LogP contribution in [0.15, 0.2) is 67.0 Å². The second-order valence-corrected chi connectivity index (χ2v) is 6.20. The maximum Gasteiger partial charge on any atom is 0.163 e. The molecule has 7 heteroatoms. The molecule has 3 heterocycles. The number of aryl methyl sites for hydroxylation is 1. The van der Waals surface area contributed by atoms with Crippen LogP contribution in [0, 0.1) is 0 Å². The summed E-state index contributed by atoms with van der Waals surface area (Å²) in [6.07, 6.45) is 3.50. The first kappa shape index (κ1) is 15.4. The maximum atomic E-state index is 4.75. The second kappa shape index (κ2) is 6.14. The Bertz CT molecular complexity index is 1260. The Hall–Kier alpha value is -3.87. The molecule has 0 saturated heterocycles. The highest BCUT2D eigenvalue weighted by atomic mass is 15.4. The summed E-state index contributed by atoms with van der Waals surface area (Å²) in [5.41, 5.74) is 4.44. The first-order valence-electron chi connectivity index (χ1n) is 8.51. The zero-order valence-electron chi connectivity index (χ0n) is 14.5. The number of para-hydroxylation sites is 1. The molecule has 0 bridgehead atoms. The number of anilines is 2. The molecule has 5 rings (SSSR count). The summed E-state index contributed by atoms with van der Waals surface area (Å²) in [6, 6.07) is 17.7. The van der Waals surface area contributed by atoms with E-state index in [1.807, 2.05) is 61.6 Å². The van der Waals surface area contributed by atoms with Gasteiger partial charge in [-0.2, -0.15) is 0 Å². The van der Waals surface area contributed by atoms with Gasteiger partial charge in [0, 0.05) is 36.1 Å². The van der Waals surface area contributed by atoms with Gasteiger partial charge in [0.05, 0.1) is 11.0 Å². The van der Waals surface area contributed by atoms with Crippen molar-refractivity contribution in [2.24, 2.45) is 7.05 Å². The fraction of sp³-hybridized carbons (Fsp3) is 0.0500. The van der Waals surface area contributed by atoms with Crippen molar-refractivity contribution in [2.45, 2.75) is 0 Å². The zero-order chi connectivity index (χ0) is 18.2. The minimum Gasteiger partial charge on any atom is -0.340 e. The molecule has 2 aromatic carbocycles. The van der Waals surface area contributed by atoms with Crippen LogP contribution in [0.2, 0.25) is 0 Å². The van der Waals surface area contributed by atoms with E-state index >= 15 is 0 Å². The van der Waals surface area contributed by atoms with E-state index in [0.717, 1.165) is 39.0 Å². The zero-order valence-corrected chi connectivity index (χ0v) is 14.5. The van der Waals surface area contributed by atoms with E-state index in [0.29, 0.717) is 5.82 Å². The van der Waals surface area contributed by atoms with E-state index in [4.69, 9.17) is 4.98 Å². The predicted octanol–water partition coefficient (Wildman–Crippen LogP) is 3.72. The molecule has 7 nitrogen and oxygen atoms in total. The van der Waals surface area contributed by atoms with Crippen molar-refractivity contribution in [1.29, 1.82) is 0 Å². The summed E-state index contributed by atoms with van der Waals surface area (Å²) in [6.45, 7) is 0. The lowest BCUT2D eigenvalue weighted by atomic mass is 10.2. The van der Waals surface area contributed by atoms with Gasteiger partial charge in [0.25, 0.3) is 0 Å². The van der Waals surface area contributed by atoms with Crippen LogP contribution < -0.4 is 5.32 Å². The Morgan fingerprint density at radius 3 is 2.74 bits per heavy atom. The van der Waals surface area contributed by atoms with Crippen molar-refractivity contribution >= 4 is 33.4 Å². The number of nitrogens with zero attached hydrogens (tertiary/aromatic N) is 6. The summed E-state index contributed by atoms with van der Waals surface area (Å²) in [7, 11) is 1.88. The third kappa shape index (κ3) is 2.75. The van der Waals surface area contributed by atoms with E-state index < -0.39 is 0 Å². The summed E-state index contributed by atoms with van der Waals surface area (Å²) < 4.78 is 1.75. The van der Waals surface area contributed by atoms with Gasteiger partial charge in [-0.25, -0.2) is 14.6 Å². The third-order valence-corrected chi connectivity index (χ3v) is 4.40. The quantitative estimate of drug-likeness (QED) is 0.532. The van der Waals surface area contributed by atoms with Gasteiger partial charge in [0.15, 0.2) is 5.82 Å². The number of nitrogens with one attached hydrogen (secondary N) is 1. The molecule has 0 aliphatic carbocycles. The van der Waals surface area contributed by atoms with Crippen molar-refractivity contribution in [3.8, 4) is 11.4 Å². The fourth-order valence-corrected chi connectivity index (χ4v) is 3.05. The molecule has 0 amide bonds. The van der Waals surface area contributed by atoms with Crippen LogP contribution in [0.25, 0.3) is 33.3 Å². The second-order valence-electron chi connectivity index (χ2n) is 6.20. The normalized spacial score (nSPS) is 11.1. The molecule has 3 aromatic heterocycles. The van der Waals surface area contributed by atoms with E-state index in [2.05, 4.69) is 25.6 Å². The average molecular weight is 353 g/mol. The Labute approximate surface area is 154 Å². The molecule has 27 heavy (non-hydrogen) atoms. The van der Waals surface area contributed by atoms with Gasteiger partial charge in [-0.3, -0.25) is 4.98 Å². The van der Waals surface area contributed by atoms with Crippen LogP contribution in [-0.4, -0.2) is 29.9 Å². The molecule has 1 N–H and O–H groups in total. The van der Waals surface area contributed by atoms with Gasteiger partial charge in [-0.15, -0.1) is 5.10 Å². The first-order chi connectivity index (χ1) is 13.3. The van der Waals surface area contributed by atoms with Gasteiger partial charge >= 0.3 is 0 Å². The number of pyridine rings is 1. The minimum atomic E-state index is 0.630. The van der Waals surface area contributed by atoms with Gasteiger partial charge < -0.3 is 5.32 Å². The predicted molar refractivity (Wildman–Crippen MR) is 105 cm³/mol. The van der Waals surface area contributed by atoms with Crippen LogP contribution in [-0.2, 0) is 7.05 Å². The highest BCUT2D eigenvalue weighted by molar-refractivity contribution is 5.93. The largest absolute Gasteiger partial charge is 0.340 e. The van der Waals surface area contributed by atoms with Crippen molar-refractivity contribution in [3.05, 3.63) is 67.0 Å². The lowest BCUT2D eigenvalue weighted by molar-refractivity contribution is 0.736. The molecule has 5 aromatic rings. The molecule has 0 fully saturated rings. The molecule has 130 valence electrons. The van der Waals surface area contributed by atoms with Crippen molar-refractivity contribution in [1.82, 2.24) is 29.9 Å². The fourth-order valence-electron chi connectivity index (χ4n) is 3.05. The molecule has 0 radical (unpaired) electrons. The summed E-state index contributed by atoms with van der Waals surface area (Å²) in [5.74, 6) is 1.37. The number of fused-ring (bicyclic) bond motifs is 2. The van der Waals surface area contributed by atoms with E-state index in [-0.39, 0.29) is 0 Å². The monoisotopic (exact) mass is 353 g/mol. The van der Waals surface area contributed by atoms with Crippen LogP contribution in [0.5, 0.6) is 0 Å². The Balaban J connectivity index is 1.64. The Kier molecular flexibility index (Phi) is 3.50. The van der Waals surface area contributed by atoms with Gasteiger partial charge in [-0.1, -0.05) is 17.3 Å². The lowest BCUT2D eigenvalue weighted by Crippen LogP contribution is -1.99. The van der Waals surface area contributed by atoms with Crippen LogP contribution in [0.3, 0.4) is 0 Å². The molecule has 0 unspecified atom stereocenters. The summed E-state index contributed by atoms with van der Waals surface area (Å²) in [4.78, 5) is 13.6. The molecular weight excluding hydrogens is 338 g/mol. The summed E-state index contributed by atoms with van der Waals surface area (Å²) >= 11 is 0. The number of aromatic nitrogens is 6. The van der Waals surface area contributed by atoms with Gasteiger partial charge in [0.2, 0.25) is 0 Å². The third-order valence-electron chi connectivity index (χ3n) is 4.40. The molecule has 0 spiro atoms. The Morgan fingerprint density at radius 2 is 1.85 bits per heavy atom. The Morgan fingerprint density at radius 1 is 0.926 bits per heavy atom. The number of rotatable bonds is 3. The van der Waals surface area contributed by atoms with Crippen molar-refractivity contribution < 1.29 is 0 Å². The number of hydrogen-bond donors (Lipinski definition) is 1. The summed E-state index contributed by atoms with van der Waals surface area (Å²) in [5, 5.41) is 12.6. The average Bonchev–Trinajstić information content (AvgIpc) is 3.09. The molecule has 0 saturated carbocycles. The van der Waals surface area contributed by atoms with Crippen LogP contribution in [0.1, 0.15) is 0 Å². The molecule has 0 atom stereocenters. The molecule has 0 aliphatic heterocycles. The van der Waals surface area contributed by atoms with E-state index in [1.54, 1.807) is 17.1 Å². The SMILES string of the molecule is Cn1nnc2cc(Nc3nc(-c4cccnc4)nc4ccccc34)ccc21. The van der Waals surface area contributed by atoms with Gasteiger partial charge in [0.1, 0.15) is 11.3 Å². The number of hydrogen-bond acceptors (Lipinski definition) is 6. The maximum absolute atomic E-state index is 4.75. The molecule has 0 aliphatic rings. The van der Waals surface area contributed by atoms with E-state index in [1.165, 1.54) is 0 Å².